The van der Waals surface area contributed by atoms with Crippen molar-refractivity contribution >= 4 is 50.4 Å². The molecule has 0 radical (unpaired) electrons. The van der Waals surface area contributed by atoms with Crippen molar-refractivity contribution in [1.82, 2.24) is 0 Å². The predicted molar refractivity (Wildman–Crippen MR) is 138 cm³/mol. The van der Waals surface area contributed by atoms with Crippen molar-refractivity contribution in [1.29, 1.82) is 0 Å². The Morgan fingerprint density at radius 2 is 1.86 bits per heavy atom. The number of thiazole rings is 1. The summed E-state index contributed by atoms with van der Waals surface area (Å²) in [7, 11) is 0. The van der Waals surface area contributed by atoms with Gasteiger partial charge in [-0.2, -0.15) is 4.57 Å². The summed E-state index contributed by atoms with van der Waals surface area (Å²) in [6, 6.07) is 11.7. The molecular weight excluding hydrogens is 550 g/mol. The number of rotatable bonds is 9. The van der Waals surface area contributed by atoms with Crippen LogP contribution in [-0.4, -0.2) is 49.6 Å². The lowest BCUT2D eigenvalue weighted by molar-refractivity contribution is -0.684. The Bertz CT molecular complexity index is 1270. The second-order valence-electron chi connectivity index (χ2n) is 8.24. The van der Waals surface area contributed by atoms with Crippen molar-refractivity contribution < 1.29 is 28.6 Å². The Labute approximate surface area is 220 Å². The highest BCUT2D eigenvalue weighted by molar-refractivity contribution is 9.10. The van der Waals surface area contributed by atoms with Gasteiger partial charge >= 0.3 is 5.97 Å². The van der Waals surface area contributed by atoms with Gasteiger partial charge in [0.15, 0.2) is 5.69 Å². The molecule has 9 nitrogen and oxygen atoms in total. The molecule has 3 aromatic rings. The first-order valence-corrected chi connectivity index (χ1v) is 13.0. The number of ketones is 1. The number of ether oxygens (including phenoxy) is 2. The number of halogens is 1. The van der Waals surface area contributed by atoms with Crippen LogP contribution in [0.2, 0.25) is 0 Å². The van der Waals surface area contributed by atoms with Gasteiger partial charge in [0.25, 0.3) is 5.69 Å². The van der Waals surface area contributed by atoms with Gasteiger partial charge < -0.3 is 14.4 Å². The minimum atomic E-state index is -0.612. The van der Waals surface area contributed by atoms with Crippen molar-refractivity contribution in [2.45, 2.75) is 19.9 Å². The summed E-state index contributed by atoms with van der Waals surface area (Å²) in [4.78, 5) is 39.2. The minimum Gasteiger partial charge on any atom is -0.462 e. The third-order valence-corrected chi connectivity index (χ3v) is 7.63. The van der Waals surface area contributed by atoms with E-state index >= 15 is 0 Å². The van der Waals surface area contributed by atoms with Crippen LogP contribution in [0.25, 0.3) is 0 Å². The molecule has 0 aliphatic carbocycles. The molecule has 1 aliphatic heterocycles. The number of nitro groups is 1. The number of Topliss-reactive ketones (excluding diaryl/α,β-unsaturated/α-hetero) is 1. The number of carbonyl (C=O) groups is 2. The summed E-state index contributed by atoms with van der Waals surface area (Å²) >= 11 is 4.86. The molecule has 1 saturated heterocycles. The molecule has 0 amide bonds. The number of benzene rings is 2. The number of morpholine rings is 1. The third kappa shape index (κ3) is 6.15. The highest BCUT2D eigenvalue weighted by Crippen LogP contribution is 2.30. The molecule has 0 bridgehead atoms. The summed E-state index contributed by atoms with van der Waals surface area (Å²) in [5, 5.41) is 11.6. The van der Waals surface area contributed by atoms with E-state index in [0.717, 1.165) is 15.0 Å². The Morgan fingerprint density at radius 3 is 2.56 bits per heavy atom. The van der Waals surface area contributed by atoms with Crippen LogP contribution >= 0.6 is 27.3 Å². The zero-order valence-electron chi connectivity index (χ0n) is 19.6. The van der Waals surface area contributed by atoms with E-state index in [4.69, 9.17) is 9.47 Å². The van der Waals surface area contributed by atoms with Crippen LogP contribution in [0, 0.1) is 17.0 Å². The number of nitrogens with zero attached hydrogens (tertiary/aromatic N) is 3. The Kier molecular flexibility index (Phi) is 8.44. The van der Waals surface area contributed by atoms with E-state index in [2.05, 4.69) is 15.9 Å². The van der Waals surface area contributed by atoms with E-state index in [9.17, 15) is 19.7 Å². The van der Waals surface area contributed by atoms with Crippen LogP contribution in [-0.2, 0) is 22.4 Å². The monoisotopic (exact) mass is 574 g/mol. The number of anilines is 1. The highest BCUT2D eigenvalue weighted by Gasteiger charge is 2.24. The average Bonchev–Trinajstić information content (AvgIpc) is 3.23. The van der Waals surface area contributed by atoms with Crippen LogP contribution in [0.5, 0.6) is 0 Å². The molecule has 0 unspecified atom stereocenters. The predicted octanol–water partition coefficient (Wildman–Crippen LogP) is 4.13. The van der Waals surface area contributed by atoms with Crippen LogP contribution in [0.1, 0.15) is 31.3 Å². The number of hydrogen-bond acceptors (Lipinski definition) is 8. The molecule has 2 heterocycles. The smallest absolute Gasteiger partial charge is 0.338 e. The quantitative estimate of drug-likeness (QED) is 0.124. The number of nitro benzene ring substituents is 1. The van der Waals surface area contributed by atoms with Gasteiger partial charge in [-0.15, -0.1) is 0 Å². The zero-order valence-corrected chi connectivity index (χ0v) is 22.0. The van der Waals surface area contributed by atoms with E-state index < -0.39 is 10.9 Å². The first-order valence-electron chi connectivity index (χ1n) is 11.4. The normalized spacial score (nSPS) is 13.4. The summed E-state index contributed by atoms with van der Waals surface area (Å²) in [6.07, 6.45) is 0.482. The molecule has 0 N–H and O–H groups in total. The highest BCUT2D eigenvalue weighted by atomic mass is 79.9. The van der Waals surface area contributed by atoms with Crippen molar-refractivity contribution in [3.8, 4) is 0 Å². The van der Waals surface area contributed by atoms with Crippen LogP contribution in [0.15, 0.2) is 52.4 Å². The van der Waals surface area contributed by atoms with Gasteiger partial charge in [-0.1, -0.05) is 39.4 Å². The summed E-state index contributed by atoms with van der Waals surface area (Å²) in [5.74, 6) is -0.604. The maximum atomic E-state index is 12.6. The van der Waals surface area contributed by atoms with E-state index in [1.165, 1.54) is 17.4 Å². The lowest BCUT2D eigenvalue weighted by Crippen LogP contribution is -2.38. The van der Waals surface area contributed by atoms with E-state index in [-0.39, 0.29) is 30.2 Å². The third-order valence-electron chi connectivity index (χ3n) is 5.96. The van der Waals surface area contributed by atoms with Crippen molar-refractivity contribution in [3.05, 3.63) is 84.3 Å². The van der Waals surface area contributed by atoms with Gasteiger partial charge in [0.1, 0.15) is 5.69 Å². The molecule has 0 atom stereocenters. The topological polar surface area (TPSA) is 103 Å². The van der Waals surface area contributed by atoms with Gasteiger partial charge in [0, 0.05) is 42.5 Å². The van der Waals surface area contributed by atoms with Gasteiger partial charge in [0.05, 0.1) is 35.2 Å². The average molecular weight is 575 g/mol. The standard InChI is InChI=1S/C25H25BrN3O6S/c1-17-24(36-16-28(17)15-23(30)18-2-5-20(26)6-3-18)8-11-35-25(31)19-4-7-21(22(14-19)29(32)33)27-9-12-34-13-10-27/h2-7,14,16H,8-13,15H2,1H3/q+1. The lowest BCUT2D eigenvalue weighted by atomic mass is 10.1. The molecule has 1 fully saturated rings. The number of hydrogen-bond donors (Lipinski definition) is 0. The maximum Gasteiger partial charge on any atom is 0.338 e. The molecule has 0 saturated carbocycles. The second-order valence-corrected chi connectivity index (χ2v) is 10.1. The van der Waals surface area contributed by atoms with E-state index in [1.807, 2.05) is 34.0 Å². The zero-order chi connectivity index (χ0) is 25.7. The first-order chi connectivity index (χ1) is 17.3. The van der Waals surface area contributed by atoms with Crippen LogP contribution in [0.4, 0.5) is 11.4 Å². The van der Waals surface area contributed by atoms with Crippen molar-refractivity contribution in [3.63, 3.8) is 0 Å². The summed E-state index contributed by atoms with van der Waals surface area (Å²) in [5.41, 5.74) is 3.94. The molecule has 11 heteroatoms. The molecule has 188 valence electrons. The molecular formula is C25H25BrN3O6S+. The maximum absolute atomic E-state index is 12.6. The van der Waals surface area contributed by atoms with Gasteiger partial charge in [-0.05, 0) is 24.3 Å². The Balaban J connectivity index is 1.35. The van der Waals surface area contributed by atoms with E-state index in [1.54, 1.807) is 24.3 Å². The number of esters is 1. The molecule has 0 spiro atoms. The Hall–Kier alpha value is -3.15. The first kappa shape index (κ1) is 25.9. The van der Waals surface area contributed by atoms with Crippen LogP contribution < -0.4 is 9.47 Å². The molecule has 4 rings (SSSR count). The van der Waals surface area contributed by atoms with Crippen LogP contribution in [0.3, 0.4) is 0 Å². The lowest BCUT2D eigenvalue weighted by Gasteiger charge is -2.28. The van der Waals surface area contributed by atoms with Gasteiger partial charge in [-0.3, -0.25) is 14.9 Å². The Morgan fingerprint density at radius 1 is 1.17 bits per heavy atom. The number of aromatic nitrogens is 1. The number of carbonyl (C=O) groups excluding carboxylic acids is 2. The fraction of sp³-hybridized carbons (Fsp3) is 0.320. The van der Waals surface area contributed by atoms with Crippen molar-refractivity contribution in [2.75, 3.05) is 37.8 Å². The fourth-order valence-electron chi connectivity index (χ4n) is 3.92. The minimum absolute atomic E-state index is 0.00787. The molecule has 1 aliphatic rings. The SMILES string of the molecule is Cc1c(CCOC(=O)c2ccc(N3CCOCC3)c([N+](=O)[O-])c2)sc[n+]1CC(=O)c1ccc(Br)cc1. The van der Waals surface area contributed by atoms with Gasteiger partial charge in [-0.25, -0.2) is 4.79 Å². The molecule has 36 heavy (non-hydrogen) atoms. The van der Waals surface area contributed by atoms with Gasteiger partial charge in [0.2, 0.25) is 17.8 Å². The summed E-state index contributed by atoms with van der Waals surface area (Å²) in [6.45, 7) is 4.39. The van der Waals surface area contributed by atoms with Crippen molar-refractivity contribution in [2.24, 2.45) is 0 Å². The fourth-order valence-corrected chi connectivity index (χ4v) is 5.16. The molecule has 1 aromatic heterocycles. The summed E-state index contributed by atoms with van der Waals surface area (Å²) < 4.78 is 13.5. The van der Waals surface area contributed by atoms with E-state index in [0.29, 0.717) is 44.0 Å². The second kappa shape index (κ2) is 11.7. The largest absolute Gasteiger partial charge is 0.462 e. The molecule has 2 aromatic carbocycles.